The first-order chi connectivity index (χ1) is 8.42. The highest BCUT2D eigenvalue weighted by molar-refractivity contribution is 5.32. The summed E-state index contributed by atoms with van der Waals surface area (Å²) < 4.78 is 0. The van der Waals surface area contributed by atoms with Gasteiger partial charge < -0.3 is 5.32 Å². The quantitative estimate of drug-likeness (QED) is 0.837. The van der Waals surface area contributed by atoms with Crippen LogP contribution in [0.15, 0.2) is 30.3 Å². The standard InChI is InChI=1S/C16H21N/c1-2-17-16-12-9-8-11-14(12)15(11)13(16)10-6-4-3-5-7-10/h3-7,11-17H,2,8-9H2,1H3. The third-order valence-electron chi connectivity index (χ3n) is 5.51. The van der Waals surface area contributed by atoms with Crippen LogP contribution in [0, 0.1) is 23.7 Å². The molecule has 0 spiro atoms. The molecule has 1 aromatic rings. The fourth-order valence-corrected chi connectivity index (χ4v) is 5.04. The molecular weight excluding hydrogens is 206 g/mol. The molecule has 90 valence electrons. The maximum Gasteiger partial charge on any atom is 0.0170 e. The van der Waals surface area contributed by atoms with Gasteiger partial charge in [-0.15, -0.1) is 0 Å². The van der Waals surface area contributed by atoms with E-state index in [-0.39, 0.29) is 0 Å². The summed E-state index contributed by atoms with van der Waals surface area (Å²) in [6, 6.07) is 12.0. The topological polar surface area (TPSA) is 12.0 Å². The van der Waals surface area contributed by atoms with Gasteiger partial charge in [-0.2, -0.15) is 0 Å². The highest BCUT2D eigenvalue weighted by Crippen LogP contribution is 2.72. The van der Waals surface area contributed by atoms with Gasteiger partial charge in [-0.3, -0.25) is 0 Å². The zero-order valence-corrected chi connectivity index (χ0v) is 10.5. The average molecular weight is 227 g/mol. The van der Waals surface area contributed by atoms with Crippen molar-refractivity contribution in [1.29, 1.82) is 0 Å². The van der Waals surface area contributed by atoms with Crippen molar-refractivity contribution in [3.8, 4) is 0 Å². The average Bonchev–Trinajstić information content (AvgIpc) is 2.79. The van der Waals surface area contributed by atoms with Crippen molar-refractivity contribution in [2.45, 2.75) is 31.7 Å². The van der Waals surface area contributed by atoms with Crippen molar-refractivity contribution < 1.29 is 0 Å². The smallest absolute Gasteiger partial charge is 0.0170 e. The van der Waals surface area contributed by atoms with Gasteiger partial charge in [-0.1, -0.05) is 37.3 Å². The van der Waals surface area contributed by atoms with E-state index in [4.69, 9.17) is 0 Å². The zero-order valence-electron chi connectivity index (χ0n) is 10.5. The fourth-order valence-electron chi connectivity index (χ4n) is 5.04. The second kappa shape index (κ2) is 3.58. The van der Waals surface area contributed by atoms with Crippen LogP contribution in [0.2, 0.25) is 0 Å². The van der Waals surface area contributed by atoms with Crippen LogP contribution in [0.4, 0.5) is 0 Å². The molecule has 1 heteroatoms. The molecule has 1 nitrogen and oxygen atoms in total. The second-order valence-corrected chi connectivity index (χ2v) is 6.08. The molecule has 6 unspecified atom stereocenters. The normalized spacial score (nSPS) is 45.9. The van der Waals surface area contributed by atoms with E-state index in [1.165, 1.54) is 12.8 Å². The minimum Gasteiger partial charge on any atom is -0.313 e. The first-order valence-electron chi connectivity index (χ1n) is 7.20. The molecular formula is C16H21N. The summed E-state index contributed by atoms with van der Waals surface area (Å²) in [5, 5.41) is 3.78. The van der Waals surface area contributed by atoms with Crippen LogP contribution in [-0.2, 0) is 0 Å². The van der Waals surface area contributed by atoms with Crippen molar-refractivity contribution in [2.24, 2.45) is 23.7 Å². The molecule has 0 heterocycles. The van der Waals surface area contributed by atoms with E-state index in [9.17, 15) is 0 Å². The van der Waals surface area contributed by atoms with Crippen LogP contribution in [0.25, 0.3) is 0 Å². The van der Waals surface area contributed by atoms with E-state index in [2.05, 4.69) is 42.6 Å². The Labute approximate surface area is 104 Å². The molecule has 3 saturated carbocycles. The van der Waals surface area contributed by atoms with Gasteiger partial charge in [-0.05, 0) is 48.6 Å². The molecule has 0 amide bonds. The Morgan fingerprint density at radius 1 is 1.06 bits per heavy atom. The Morgan fingerprint density at radius 3 is 2.59 bits per heavy atom. The van der Waals surface area contributed by atoms with E-state index in [0.29, 0.717) is 0 Å². The lowest BCUT2D eigenvalue weighted by Crippen LogP contribution is -2.38. The summed E-state index contributed by atoms with van der Waals surface area (Å²) >= 11 is 0. The highest BCUT2D eigenvalue weighted by Gasteiger charge is 2.69. The lowest BCUT2D eigenvalue weighted by Gasteiger charge is -2.27. The molecule has 1 N–H and O–H groups in total. The predicted octanol–water partition coefficient (Wildman–Crippen LogP) is 3.03. The van der Waals surface area contributed by atoms with Crippen molar-refractivity contribution in [3.05, 3.63) is 35.9 Å². The van der Waals surface area contributed by atoms with Crippen LogP contribution < -0.4 is 5.32 Å². The monoisotopic (exact) mass is 227 g/mol. The Hall–Kier alpha value is -0.820. The molecule has 3 fully saturated rings. The highest BCUT2D eigenvalue weighted by atomic mass is 15.0. The van der Waals surface area contributed by atoms with Gasteiger partial charge in [0.05, 0.1) is 0 Å². The number of rotatable bonds is 3. The molecule has 1 aromatic carbocycles. The SMILES string of the molecule is CCNC1C2CCC3C2C3C1c1ccccc1. The molecule has 0 aromatic heterocycles. The van der Waals surface area contributed by atoms with Gasteiger partial charge >= 0.3 is 0 Å². The summed E-state index contributed by atoms with van der Waals surface area (Å²) in [5.74, 6) is 4.96. The Balaban J connectivity index is 1.69. The van der Waals surface area contributed by atoms with Gasteiger partial charge in [0, 0.05) is 12.0 Å². The van der Waals surface area contributed by atoms with Crippen molar-refractivity contribution in [3.63, 3.8) is 0 Å². The summed E-state index contributed by atoms with van der Waals surface area (Å²) in [7, 11) is 0. The molecule has 0 saturated heterocycles. The van der Waals surface area contributed by atoms with Gasteiger partial charge in [0.1, 0.15) is 0 Å². The minimum atomic E-state index is 0.760. The van der Waals surface area contributed by atoms with Crippen molar-refractivity contribution in [2.75, 3.05) is 6.54 Å². The van der Waals surface area contributed by atoms with Gasteiger partial charge in [0.2, 0.25) is 0 Å². The minimum absolute atomic E-state index is 0.760. The number of benzene rings is 1. The van der Waals surface area contributed by atoms with E-state index < -0.39 is 0 Å². The molecule has 0 aliphatic heterocycles. The summed E-state index contributed by atoms with van der Waals surface area (Å²) in [6.07, 6.45) is 2.98. The Kier molecular flexibility index (Phi) is 2.14. The van der Waals surface area contributed by atoms with Gasteiger partial charge in [-0.25, -0.2) is 0 Å². The van der Waals surface area contributed by atoms with Crippen LogP contribution in [0.5, 0.6) is 0 Å². The molecule has 4 rings (SSSR count). The summed E-state index contributed by atoms with van der Waals surface area (Å²) in [6.45, 7) is 3.37. The predicted molar refractivity (Wildman–Crippen MR) is 69.8 cm³/mol. The number of fused-ring (bicyclic) bond motifs is 1. The third kappa shape index (κ3) is 1.29. The maximum atomic E-state index is 3.78. The number of likely N-dealkylation sites (N-methyl/N-ethyl adjacent to an activating group) is 1. The van der Waals surface area contributed by atoms with E-state index in [0.717, 1.165) is 42.2 Å². The Bertz CT molecular complexity index is 413. The first kappa shape index (κ1) is 10.1. The van der Waals surface area contributed by atoms with Gasteiger partial charge in [0.25, 0.3) is 0 Å². The number of nitrogens with one attached hydrogen (secondary N) is 1. The summed E-state index contributed by atoms with van der Waals surface area (Å²) in [5.41, 5.74) is 1.58. The zero-order chi connectivity index (χ0) is 11.4. The maximum absolute atomic E-state index is 3.78. The van der Waals surface area contributed by atoms with Crippen molar-refractivity contribution in [1.82, 2.24) is 5.32 Å². The Morgan fingerprint density at radius 2 is 1.82 bits per heavy atom. The largest absolute Gasteiger partial charge is 0.313 e. The van der Waals surface area contributed by atoms with E-state index in [1.807, 2.05) is 0 Å². The van der Waals surface area contributed by atoms with Crippen LogP contribution >= 0.6 is 0 Å². The first-order valence-corrected chi connectivity index (χ1v) is 7.20. The van der Waals surface area contributed by atoms with Crippen molar-refractivity contribution >= 4 is 0 Å². The van der Waals surface area contributed by atoms with Gasteiger partial charge in [0.15, 0.2) is 0 Å². The second-order valence-electron chi connectivity index (χ2n) is 6.08. The molecule has 0 radical (unpaired) electrons. The number of hydrogen-bond acceptors (Lipinski definition) is 1. The number of hydrogen-bond donors (Lipinski definition) is 1. The van der Waals surface area contributed by atoms with Crippen LogP contribution in [0.1, 0.15) is 31.2 Å². The molecule has 17 heavy (non-hydrogen) atoms. The molecule has 3 aliphatic carbocycles. The molecule has 3 aliphatic rings. The van der Waals surface area contributed by atoms with Crippen LogP contribution in [0.3, 0.4) is 0 Å². The fraction of sp³-hybridized carbons (Fsp3) is 0.625. The van der Waals surface area contributed by atoms with E-state index >= 15 is 0 Å². The molecule has 6 atom stereocenters. The lowest BCUT2D eigenvalue weighted by atomic mass is 9.86. The summed E-state index contributed by atoms with van der Waals surface area (Å²) in [4.78, 5) is 0. The molecule has 0 bridgehead atoms. The van der Waals surface area contributed by atoms with Crippen LogP contribution in [-0.4, -0.2) is 12.6 Å². The lowest BCUT2D eigenvalue weighted by molar-refractivity contribution is 0.354. The van der Waals surface area contributed by atoms with E-state index in [1.54, 1.807) is 5.56 Å². The third-order valence-corrected chi connectivity index (χ3v) is 5.51.